The van der Waals surface area contributed by atoms with Crippen molar-refractivity contribution in [1.82, 2.24) is 0 Å². The van der Waals surface area contributed by atoms with E-state index in [0.29, 0.717) is 5.69 Å². The van der Waals surface area contributed by atoms with Crippen molar-refractivity contribution in [2.24, 2.45) is 0 Å². The zero-order chi connectivity index (χ0) is 8.97. The summed E-state index contributed by atoms with van der Waals surface area (Å²) >= 11 is 0. The lowest BCUT2D eigenvalue weighted by Gasteiger charge is -1.91. The molecule has 0 saturated heterocycles. The van der Waals surface area contributed by atoms with Crippen molar-refractivity contribution >= 4 is 44.8 Å². The standard InChI is InChI=1S/C6H5N2O3P.2ClH/c9-8(10)6-3-1-5(2-4-6)7-12-11;;/h1-4H,(H,7,11);2*1H/p+1. The number of nitro benzene ring substituents is 1. The lowest BCUT2D eigenvalue weighted by molar-refractivity contribution is -0.384. The number of anilines is 1. The molecule has 0 aliphatic heterocycles. The van der Waals surface area contributed by atoms with E-state index in [0.717, 1.165) is 0 Å². The average molecular weight is 258 g/mol. The number of nitrogens with one attached hydrogen (secondary N) is 1. The van der Waals surface area contributed by atoms with Gasteiger partial charge in [0, 0.05) is 12.1 Å². The Morgan fingerprint density at radius 3 is 2.07 bits per heavy atom. The number of non-ortho nitro benzene ring substituents is 1. The van der Waals surface area contributed by atoms with Crippen LogP contribution in [0.1, 0.15) is 0 Å². The third-order valence-electron chi connectivity index (χ3n) is 1.27. The van der Waals surface area contributed by atoms with E-state index in [1.807, 2.05) is 0 Å². The summed E-state index contributed by atoms with van der Waals surface area (Å²) < 4.78 is 10.1. The van der Waals surface area contributed by atoms with Crippen LogP contribution in [0.4, 0.5) is 11.4 Å². The van der Waals surface area contributed by atoms with Gasteiger partial charge in [0.25, 0.3) is 5.69 Å². The predicted octanol–water partition coefficient (Wildman–Crippen LogP) is 2.79. The fraction of sp³-hybridized carbons (Fsp3) is 0. The van der Waals surface area contributed by atoms with Gasteiger partial charge in [0.15, 0.2) is 0 Å². The van der Waals surface area contributed by atoms with E-state index < -0.39 is 13.5 Å². The zero-order valence-corrected chi connectivity index (χ0v) is 9.43. The second-order valence-corrected chi connectivity index (χ2v) is 2.49. The Morgan fingerprint density at radius 1 is 1.21 bits per heavy atom. The molecule has 5 nitrogen and oxygen atoms in total. The van der Waals surface area contributed by atoms with E-state index in [2.05, 4.69) is 5.09 Å². The summed E-state index contributed by atoms with van der Waals surface area (Å²) in [5.74, 6) is 0. The zero-order valence-electron chi connectivity index (χ0n) is 6.80. The first-order valence-electron chi connectivity index (χ1n) is 3.11. The molecule has 0 amide bonds. The van der Waals surface area contributed by atoms with Crippen molar-refractivity contribution in [3.63, 3.8) is 0 Å². The number of hydrogen-bond donors (Lipinski definition) is 1. The van der Waals surface area contributed by atoms with Gasteiger partial charge in [-0.15, -0.1) is 24.8 Å². The first-order chi connectivity index (χ1) is 5.74. The Morgan fingerprint density at radius 2 is 1.71 bits per heavy atom. The van der Waals surface area contributed by atoms with Crippen molar-refractivity contribution < 1.29 is 9.49 Å². The van der Waals surface area contributed by atoms with E-state index in [1.165, 1.54) is 24.3 Å². The van der Waals surface area contributed by atoms with Crippen molar-refractivity contribution in [2.75, 3.05) is 5.09 Å². The molecule has 1 unspecified atom stereocenters. The molecule has 8 heteroatoms. The van der Waals surface area contributed by atoms with Crippen LogP contribution in [0, 0.1) is 10.1 Å². The number of halogens is 2. The third-order valence-corrected chi connectivity index (χ3v) is 1.66. The lowest BCUT2D eigenvalue weighted by atomic mass is 10.3. The number of rotatable bonds is 3. The highest BCUT2D eigenvalue weighted by Crippen LogP contribution is 2.16. The van der Waals surface area contributed by atoms with E-state index in [9.17, 15) is 14.7 Å². The first kappa shape index (κ1) is 15.6. The second-order valence-electron chi connectivity index (χ2n) is 2.03. The Balaban J connectivity index is 0. The summed E-state index contributed by atoms with van der Waals surface area (Å²) in [6.07, 6.45) is 0. The maximum atomic E-state index is 10.2. The van der Waals surface area contributed by atoms with Crippen LogP contribution in [0.15, 0.2) is 24.3 Å². The minimum atomic E-state index is -0.643. The van der Waals surface area contributed by atoms with E-state index in [1.54, 1.807) is 0 Å². The smallest absolute Gasteiger partial charge is 0.258 e. The van der Waals surface area contributed by atoms with Gasteiger partial charge < -0.3 is 0 Å². The SMILES string of the molecule is Cl.Cl.O=[PH+]Nc1ccc([N+](=O)[O-])cc1. The van der Waals surface area contributed by atoms with Crippen LogP contribution in [-0.2, 0) is 4.57 Å². The van der Waals surface area contributed by atoms with Gasteiger partial charge in [0.2, 0.25) is 0 Å². The maximum absolute atomic E-state index is 10.2. The van der Waals surface area contributed by atoms with Crippen LogP contribution in [0.2, 0.25) is 0 Å². The molecule has 78 valence electrons. The van der Waals surface area contributed by atoms with Crippen molar-refractivity contribution in [3.8, 4) is 0 Å². The maximum Gasteiger partial charge on any atom is 0.445 e. The van der Waals surface area contributed by atoms with E-state index >= 15 is 0 Å². The van der Waals surface area contributed by atoms with Gasteiger partial charge in [-0.2, -0.15) is 5.09 Å². The molecule has 1 aromatic rings. The quantitative estimate of drug-likeness (QED) is 0.514. The molecule has 1 rings (SSSR count). The van der Waals surface area contributed by atoms with Gasteiger partial charge >= 0.3 is 8.61 Å². The minimum absolute atomic E-state index is 0. The fourth-order valence-electron chi connectivity index (χ4n) is 0.725. The molecule has 0 saturated carbocycles. The van der Waals surface area contributed by atoms with Crippen molar-refractivity contribution in [2.45, 2.75) is 0 Å². The van der Waals surface area contributed by atoms with Gasteiger partial charge in [-0.05, 0) is 16.7 Å². The molecule has 0 aliphatic rings. The number of hydrogen-bond acceptors (Lipinski definition) is 3. The van der Waals surface area contributed by atoms with Gasteiger partial charge in [0.1, 0.15) is 0 Å². The molecule has 1 aromatic carbocycles. The first-order valence-corrected chi connectivity index (χ1v) is 4.02. The molecular weight excluding hydrogens is 250 g/mol. The van der Waals surface area contributed by atoms with Gasteiger partial charge in [0.05, 0.1) is 10.6 Å². The van der Waals surface area contributed by atoms with Gasteiger partial charge in [-0.1, -0.05) is 0 Å². The topological polar surface area (TPSA) is 72.2 Å². The predicted molar refractivity (Wildman–Crippen MR) is 60.2 cm³/mol. The molecule has 0 spiro atoms. The average Bonchev–Trinajstić information content (AvgIpc) is 2.06. The normalized spacial score (nSPS) is 8.29. The molecule has 0 radical (unpaired) electrons. The summed E-state index contributed by atoms with van der Waals surface area (Å²) in [5.41, 5.74) is 0.628. The van der Waals surface area contributed by atoms with Crippen molar-refractivity contribution in [1.29, 1.82) is 0 Å². The Bertz CT molecular complexity index is 306. The largest absolute Gasteiger partial charge is 0.445 e. The van der Waals surface area contributed by atoms with Crippen LogP contribution in [0.5, 0.6) is 0 Å². The van der Waals surface area contributed by atoms with Crippen molar-refractivity contribution in [3.05, 3.63) is 34.4 Å². The van der Waals surface area contributed by atoms with E-state index in [-0.39, 0.29) is 30.5 Å². The highest BCUT2D eigenvalue weighted by atomic mass is 35.5. The van der Waals surface area contributed by atoms with Crippen LogP contribution in [0.3, 0.4) is 0 Å². The minimum Gasteiger partial charge on any atom is -0.258 e. The summed E-state index contributed by atoms with van der Waals surface area (Å²) in [6, 6.07) is 5.71. The molecule has 0 fully saturated rings. The molecule has 1 atom stereocenters. The second kappa shape index (κ2) is 7.50. The molecule has 0 aromatic heterocycles. The lowest BCUT2D eigenvalue weighted by Crippen LogP contribution is -1.87. The van der Waals surface area contributed by atoms with Crippen LogP contribution < -0.4 is 5.09 Å². The highest BCUT2D eigenvalue weighted by Gasteiger charge is 2.03. The molecule has 0 bridgehead atoms. The number of nitro groups is 1. The molecule has 1 N–H and O–H groups in total. The van der Waals surface area contributed by atoms with Crippen LogP contribution in [0.25, 0.3) is 0 Å². The Labute approximate surface area is 94.1 Å². The third kappa shape index (κ3) is 4.37. The monoisotopic (exact) mass is 257 g/mol. The summed E-state index contributed by atoms with van der Waals surface area (Å²) in [5, 5.41) is 12.7. The Hall–Kier alpha value is -0.900. The van der Waals surface area contributed by atoms with Gasteiger partial charge in [-0.3, -0.25) is 10.1 Å². The molecule has 0 aliphatic carbocycles. The molecule has 0 heterocycles. The number of nitrogens with zero attached hydrogens (tertiary/aromatic N) is 1. The summed E-state index contributed by atoms with van der Waals surface area (Å²) in [7, 11) is -0.643. The molecular formula is C6H8Cl2N2O3P+. The van der Waals surface area contributed by atoms with Crippen LogP contribution >= 0.6 is 33.4 Å². The number of benzene rings is 1. The van der Waals surface area contributed by atoms with E-state index in [4.69, 9.17) is 0 Å². The summed E-state index contributed by atoms with van der Waals surface area (Å²) in [4.78, 5) is 9.71. The van der Waals surface area contributed by atoms with Gasteiger partial charge in [-0.25, -0.2) is 0 Å². The van der Waals surface area contributed by atoms with Crippen LogP contribution in [-0.4, -0.2) is 4.92 Å². The fourth-order valence-corrected chi connectivity index (χ4v) is 1.01. The Kier molecular flexibility index (Phi) is 8.34. The molecule has 14 heavy (non-hydrogen) atoms. The highest BCUT2D eigenvalue weighted by molar-refractivity contribution is 7.25. The summed E-state index contributed by atoms with van der Waals surface area (Å²) in [6.45, 7) is 0.